The molecule has 0 bridgehead atoms. The second-order valence-corrected chi connectivity index (χ2v) is 5.21. The number of hydrogen-bond donors (Lipinski definition) is 0. The lowest BCUT2D eigenvalue weighted by molar-refractivity contribution is 0.0664. The standard InChI is InChI=1S/C15H11F2N7O/c16-15(17)22-7-6-18-12(22)9-23-14(25)11-8-19-24(13(11)20-21-23)10-4-2-1-3-5-10/h1-8,15H,9H2. The van der Waals surface area contributed by atoms with Crippen LogP contribution in [0, 0.1) is 0 Å². The molecule has 0 atom stereocenters. The van der Waals surface area contributed by atoms with Crippen molar-refractivity contribution in [1.29, 1.82) is 0 Å². The molecule has 3 heterocycles. The first kappa shape index (κ1) is 15.1. The highest BCUT2D eigenvalue weighted by molar-refractivity contribution is 5.74. The zero-order chi connectivity index (χ0) is 17.4. The van der Waals surface area contributed by atoms with Crippen molar-refractivity contribution in [3.8, 4) is 5.69 Å². The molecule has 1 aromatic carbocycles. The van der Waals surface area contributed by atoms with Crippen molar-refractivity contribution in [3.05, 3.63) is 65.1 Å². The minimum atomic E-state index is -2.74. The molecule has 0 fully saturated rings. The summed E-state index contributed by atoms with van der Waals surface area (Å²) in [4.78, 5) is 16.4. The molecular formula is C15H11F2N7O. The maximum absolute atomic E-state index is 12.9. The Morgan fingerprint density at radius 1 is 1.16 bits per heavy atom. The number of hydrogen-bond acceptors (Lipinski definition) is 5. The predicted octanol–water partition coefficient (Wildman–Crippen LogP) is 1.62. The number of nitrogens with zero attached hydrogens (tertiary/aromatic N) is 7. The summed E-state index contributed by atoms with van der Waals surface area (Å²) >= 11 is 0. The second-order valence-electron chi connectivity index (χ2n) is 5.21. The van der Waals surface area contributed by atoms with Gasteiger partial charge in [-0.25, -0.2) is 14.3 Å². The number of para-hydroxylation sites is 1. The van der Waals surface area contributed by atoms with Crippen molar-refractivity contribution >= 4 is 11.0 Å². The van der Waals surface area contributed by atoms with Gasteiger partial charge in [0.1, 0.15) is 17.8 Å². The molecule has 0 radical (unpaired) electrons. The van der Waals surface area contributed by atoms with E-state index in [1.54, 1.807) is 0 Å². The Kier molecular flexibility index (Phi) is 3.56. The summed E-state index contributed by atoms with van der Waals surface area (Å²) in [6.07, 6.45) is 3.77. The zero-order valence-corrected chi connectivity index (χ0v) is 12.7. The zero-order valence-electron chi connectivity index (χ0n) is 12.7. The highest BCUT2D eigenvalue weighted by Gasteiger charge is 2.16. The van der Waals surface area contributed by atoms with E-state index < -0.39 is 12.1 Å². The molecule has 0 saturated carbocycles. The smallest absolute Gasteiger partial charge is 0.276 e. The Morgan fingerprint density at radius 2 is 1.96 bits per heavy atom. The maximum Gasteiger partial charge on any atom is 0.319 e. The predicted molar refractivity (Wildman–Crippen MR) is 83.5 cm³/mol. The number of rotatable bonds is 4. The second kappa shape index (κ2) is 5.89. The molecule has 0 N–H and O–H groups in total. The molecule has 0 aliphatic rings. The number of imidazole rings is 1. The fourth-order valence-electron chi connectivity index (χ4n) is 2.50. The van der Waals surface area contributed by atoms with Gasteiger partial charge in [0.25, 0.3) is 5.56 Å². The van der Waals surface area contributed by atoms with Gasteiger partial charge >= 0.3 is 6.55 Å². The largest absolute Gasteiger partial charge is 0.319 e. The monoisotopic (exact) mass is 343 g/mol. The summed E-state index contributed by atoms with van der Waals surface area (Å²) in [5, 5.41) is 12.3. The van der Waals surface area contributed by atoms with Gasteiger partial charge in [0.05, 0.1) is 11.9 Å². The first-order valence-corrected chi connectivity index (χ1v) is 7.32. The molecule has 0 spiro atoms. The molecule has 0 aliphatic carbocycles. The number of fused-ring (bicyclic) bond motifs is 1. The summed E-state index contributed by atoms with van der Waals surface area (Å²) < 4.78 is 28.9. The van der Waals surface area contributed by atoms with E-state index >= 15 is 0 Å². The lowest BCUT2D eigenvalue weighted by atomic mass is 10.3. The Labute approximate surface area is 139 Å². The van der Waals surface area contributed by atoms with Crippen molar-refractivity contribution in [2.45, 2.75) is 13.1 Å². The molecule has 0 amide bonds. The molecule has 126 valence electrons. The summed E-state index contributed by atoms with van der Waals surface area (Å²) in [6.45, 7) is -2.96. The maximum atomic E-state index is 12.9. The van der Waals surface area contributed by atoms with Gasteiger partial charge in [-0.3, -0.25) is 9.36 Å². The van der Waals surface area contributed by atoms with E-state index in [0.29, 0.717) is 10.2 Å². The van der Waals surface area contributed by atoms with Crippen molar-refractivity contribution in [2.24, 2.45) is 0 Å². The quantitative estimate of drug-likeness (QED) is 0.562. The molecule has 0 saturated heterocycles. The molecule has 4 aromatic rings. The molecule has 8 nitrogen and oxygen atoms in total. The van der Waals surface area contributed by atoms with Crippen LogP contribution in [0.25, 0.3) is 16.7 Å². The van der Waals surface area contributed by atoms with E-state index in [1.165, 1.54) is 17.1 Å². The summed E-state index contributed by atoms with van der Waals surface area (Å²) in [5.41, 5.74) is 0.554. The third-order valence-corrected chi connectivity index (χ3v) is 3.71. The van der Waals surface area contributed by atoms with Crippen LogP contribution < -0.4 is 5.56 Å². The third-order valence-electron chi connectivity index (χ3n) is 3.71. The van der Waals surface area contributed by atoms with E-state index in [0.717, 1.165) is 16.6 Å². The van der Waals surface area contributed by atoms with Gasteiger partial charge in [-0.2, -0.15) is 13.9 Å². The van der Waals surface area contributed by atoms with Gasteiger partial charge in [-0.15, -0.1) is 5.10 Å². The Balaban J connectivity index is 1.77. The van der Waals surface area contributed by atoms with Gasteiger partial charge in [-0.1, -0.05) is 23.4 Å². The average Bonchev–Trinajstić information content (AvgIpc) is 3.25. The molecule has 25 heavy (non-hydrogen) atoms. The molecule has 3 aromatic heterocycles. The van der Waals surface area contributed by atoms with Crippen LogP contribution in [0.4, 0.5) is 8.78 Å². The van der Waals surface area contributed by atoms with Crippen LogP contribution in [0.5, 0.6) is 0 Å². The van der Waals surface area contributed by atoms with E-state index in [-0.39, 0.29) is 17.8 Å². The first-order valence-electron chi connectivity index (χ1n) is 7.32. The van der Waals surface area contributed by atoms with E-state index in [9.17, 15) is 13.6 Å². The van der Waals surface area contributed by atoms with Crippen molar-refractivity contribution in [2.75, 3.05) is 0 Å². The minimum absolute atomic E-state index is 0.0150. The van der Waals surface area contributed by atoms with Crippen molar-refractivity contribution in [1.82, 2.24) is 34.3 Å². The lowest BCUT2D eigenvalue weighted by Crippen LogP contribution is -2.26. The Bertz CT molecular complexity index is 1080. The number of benzene rings is 1. The van der Waals surface area contributed by atoms with Crippen LogP contribution in [-0.4, -0.2) is 34.3 Å². The molecule has 4 rings (SSSR count). The van der Waals surface area contributed by atoms with Gasteiger partial charge < -0.3 is 0 Å². The van der Waals surface area contributed by atoms with Crippen LogP contribution in [0.1, 0.15) is 12.4 Å². The van der Waals surface area contributed by atoms with Crippen LogP contribution in [0.2, 0.25) is 0 Å². The highest BCUT2D eigenvalue weighted by atomic mass is 19.3. The molecular weight excluding hydrogens is 332 g/mol. The van der Waals surface area contributed by atoms with Gasteiger partial charge in [0.15, 0.2) is 5.65 Å². The fourth-order valence-corrected chi connectivity index (χ4v) is 2.50. The van der Waals surface area contributed by atoms with Crippen molar-refractivity contribution < 1.29 is 8.78 Å². The number of aromatic nitrogens is 7. The summed E-state index contributed by atoms with van der Waals surface area (Å²) in [7, 11) is 0. The SMILES string of the molecule is O=c1c2cnn(-c3ccccc3)c2nnn1Cc1nccn1C(F)F. The van der Waals surface area contributed by atoms with Crippen molar-refractivity contribution in [3.63, 3.8) is 0 Å². The number of alkyl halides is 2. The topological polar surface area (TPSA) is 83.4 Å². The van der Waals surface area contributed by atoms with Crippen LogP contribution in [0.3, 0.4) is 0 Å². The average molecular weight is 343 g/mol. The van der Waals surface area contributed by atoms with Gasteiger partial charge in [0, 0.05) is 12.4 Å². The van der Waals surface area contributed by atoms with E-state index in [1.807, 2.05) is 30.3 Å². The minimum Gasteiger partial charge on any atom is -0.276 e. The highest BCUT2D eigenvalue weighted by Crippen LogP contribution is 2.14. The Morgan fingerprint density at radius 3 is 2.72 bits per heavy atom. The van der Waals surface area contributed by atoms with Crippen LogP contribution in [0.15, 0.2) is 53.7 Å². The summed E-state index contributed by atoms with van der Waals surface area (Å²) in [6, 6.07) is 9.17. The third kappa shape index (κ3) is 2.57. The molecule has 10 heteroatoms. The number of halogens is 2. The van der Waals surface area contributed by atoms with Crippen LogP contribution in [-0.2, 0) is 6.54 Å². The van der Waals surface area contributed by atoms with Gasteiger partial charge in [0.2, 0.25) is 0 Å². The van der Waals surface area contributed by atoms with Crippen LogP contribution >= 0.6 is 0 Å². The van der Waals surface area contributed by atoms with E-state index in [2.05, 4.69) is 20.4 Å². The fraction of sp³-hybridized carbons (Fsp3) is 0.133. The summed E-state index contributed by atoms with van der Waals surface area (Å²) in [5.74, 6) is 0.0150. The normalized spacial score (nSPS) is 11.5. The molecule has 0 aliphatic heterocycles. The first-order chi connectivity index (χ1) is 12.1. The molecule has 0 unspecified atom stereocenters. The Hall–Kier alpha value is -3.43. The van der Waals surface area contributed by atoms with Gasteiger partial charge in [-0.05, 0) is 12.1 Å². The van der Waals surface area contributed by atoms with E-state index in [4.69, 9.17) is 0 Å². The lowest BCUT2D eigenvalue weighted by Gasteiger charge is -2.07.